The second kappa shape index (κ2) is 9.99. The van der Waals surface area contributed by atoms with Crippen LogP contribution in [0, 0.1) is 5.82 Å². The average molecular weight is 521 g/mol. The minimum atomic E-state index is -0.497. The molecule has 0 aliphatic heterocycles. The third kappa shape index (κ3) is 4.35. The summed E-state index contributed by atoms with van der Waals surface area (Å²) in [4.78, 5) is 18.6. The first-order chi connectivity index (χ1) is 18.6. The first-order valence-electron chi connectivity index (χ1n) is 12.1. The van der Waals surface area contributed by atoms with E-state index in [1.165, 1.54) is 23.5 Å². The number of fused-ring (bicyclic) bond motifs is 3. The molecule has 1 N–H and O–H groups in total. The van der Waals surface area contributed by atoms with Gasteiger partial charge in [0.2, 0.25) is 0 Å². The summed E-state index contributed by atoms with van der Waals surface area (Å²) in [6.45, 7) is 1.98. The molecule has 0 bridgehead atoms. The van der Waals surface area contributed by atoms with Gasteiger partial charge in [0.25, 0.3) is 0 Å². The van der Waals surface area contributed by atoms with E-state index in [9.17, 15) is 9.18 Å². The number of halogens is 1. The van der Waals surface area contributed by atoms with Crippen LogP contribution in [-0.2, 0) is 4.74 Å². The van der Waals surface area contributed by atoms with Gasteiger partial charge in [0.05, 0.1) is 16.8 Å². The molecule has 38 heavy (non-hydrogen) atoms. The number of nitrogens with zero attached hydrogens (tertiary/aromatic N) is 3. The van der Waals surface area contributed by atoms with E-state index >= 15 is 0 Å². The van der Waals surface area contributed by atoms with Crippen LogP contribution in [0.1, 0.15) is 17.3 Å². The van der Waals surface area contributed by atoms with Crippen molar-refractivity contribution in [3.8, 4) is 22.4 Å². The molecule has 6 aromatic rings. The molecular formula is C30H21FN4O2S. The van der Waals surface area contributed by atoms with E-state index in [1.54, 1.807) is 25.1 Å². The maximum atomic E-state index is 13.5. The van der Waals surface area contributed by atoms with Crippen LogP contribution in [-0.4, -0.2) is 27.8 Å². The predicted molar refractivity (Wildman–Crippen MR) is 149 cm³/mol. The molecule has 3 aromatic carbocycles. The first kappa shape index (κ1) is 23.7. The Bertz CT molecular complexity index is 1770. The van der Waals surface area contributed by atoms with Crippen molar-refractivity contribution in [3.05, 3.63) is 102 Å². The lowest BCUT2D eigenvalue weighted by atomic mass is 9.97. The van der Waals surface area contributed by atoms with Gasteiger partial charge in [0.15, 0.2) is 0 Å². The highest BCUT2D eigenvalue weighted by Crippen LogP contribution is 2.43. The van der Waals surface area contributed by atoms with Gasteiger partial charge in [-0.2, -0.15) is 0 Å². The number of hydrogen-bond acceptors (Lipinski definition) is 7. The predicted octanol–water partition coefficient (Wildman–Crippen LogP) is 7.63. The van der Waals surface area contributed by atoms with Gasteiger partial charge in [-0.05, 0) is 42.8 Å². The van der Waals surface area contributed by atoms with Gasteiger partial charge in [0.1, 0.15) is 27.7 Å². The van der Waals surface area contributed by atoms with E-state index in [0.29, 0.717) is 21.9 Å². The fourth-order valence-corrected chi connectivity index (χ4v) is 5.39. The molecule has 0 amide bonds. The van der Waals surface area contributed by atoms with E-state index in [0.717, 1.165) is 32.5 Å². The number of esters is 1. The van der Waals surface area contributed by atoms with Crippen LogP contribution in [0.4, 0.5) is 15.9 Å². The zero-order chi connectivity index (χ0) is 26.1. The number of thiophene rings is 1. The molecule has 0 saturated heterocycles. The summed E-state index contributed by atoms with van der Waals surface area (Å²) < 4.78 is 19.6. The molecule has 186 valence electrons. The molecule has 0 fully saturated rings. The number of pyridine rings is 1. The summed E-state index contributed by atoms with van der Waals surface area (Å²) in [5, 5.41) is 13.2. The maximum Gasteiger partial charge on any atom is 0.341 e. The van der Waals surface area contributed by atoms with E-state index in [1.807, 2.05) is 60.7 Å². The van der Waals surface area contributed by atoms with Crippen molar-refractivity contribution in [1.82, 2.24) is 15.2 Å². The van der Waals surface area contributed by atoms with Crippen LogP contribution in [0.3, 0.4) is 0 Å². The van der Waals surface area contributed by atoms with Gasteiger partial charge in [-0.3, -0.25) is 0 Å². The summed E-state index contributed by atoms with van der Waals surface area (Å²) in [6, 6.07) is 27.6. The van der Waals surface area contributed by atoms with Crippen LogP contribution in [0.15, 0.2) is 91.0 Å². The Kier molecular flexibility index (Phi) is 6.23. The second-order valence-corrected chi connectivity index (χ2v) is 9.55. The number of carbonyl (C=O) groups is 1. The molecule has 6 nitrogen and oxygen atoms in total. The van der Waals surface area contributed by atoms with E-state index in [4.69, 9.17) is 9.72 Å². The quantitative estimate of drug-likeness (QED) is 0.228. The van der Waals surface area contributed by atoms with Gasteiger partial charge in [-0.1, -0.05) is 60.7 Å². The Morgan fingerprint density at radius 3 is 2.29 bits per heavy atom. The Hall–Kier alpha value is -4.69. The van der Waals surface area contributed by atoms with Crippen LogP contribution in [0.25, 0.3) is 42.8 Å². The lowest BCUT2D eigenvalue weighted by Gasteiger charge is -2.13. The normalized spacial score (nSPS) is 11.1. The summed E-state index contributed by atoms with van der Waals surface area (Å²) in [5.74, 6) is -0.532. The Morgan fingerprint density at radius 2 is 1.61 bits per heavy atom. The van der Waals surface area contributed by atoms with Crippen LogP contribution >= 0.6 is 11.3 Å². The number of ether oxygens (including phenoxy) is 1. The summed E-state index contributed by atoms with van der Waals surface area (Å²) in [7, 11) is 0. The van der Waals surface area contributed by atoms with Gasteiger partial charge in [-0.15, -0.1) is 21.5 Å². The zero-order valence-corrected chi connectivity index (χ0v) is 21.1. The molecule has 6 rings (SSSR count). The highest BCUT2D eigenvalue weighted by atomic mass is 32.1. The van der Waals surface area contributed by atoms with Crippen LogP contribution in [0.5, 0.6) is 0 Å². The Balaban J connectivity index is 1.65. The second-order valence-electron chi connectivity index (χ2n) is 8.52. The third-order valence-electron chi connectivity index (χ3n) is 6.08. The van der Waals surface area contributed by atoms with E-state index in [-0.39, 0.29) is 18.0 Å². The van der Waals surface area contributed by atoms with Crippen molar-refractivity contribution >= 4 is 49.2 Å². The first-order valence-corrected chi connectivity index (χ1v) is 12.9. The number of nitrogens with one attached hydrogen (secondary N) is 1. The third-order valence-corrected chi connectivity index (χ3v) is 7.09. The fourth-order valence-electron chi connectivity index (χ4n) is 4.38. The molecule has 0 spiro atoms. The van der Waals surface area contributed by atoms with Gasteiger partial charge >= 0.3 is 5.97 Å². The summed E-state index contributed by atoms with van der Waals surface area (Å²) >= 11 is 1.42. The average Bonchev–Trinajstić information content (AvgIpc) is 3.32. The van der Waals surface area contributed by atoms with Crippen LogP contribution < -0.4 is 5.32 Å². The standard InChI is InChI=1S/C30H21FN4O2S/c1-2-37-30(36)22-17-23-27(33-28(22)32-21-15-13-20(31)14-16-21)25-24(18-9-5-3-6-10-18)26(34-35-29(25)38-23)19-11-7-4-8-12-19/h3-17H,2H2,1H3,(H,32,33). The van der Waals surface area contributed by atoms with Crippen molar-refractivity contribution in [3.63, 3.8) is 0 Å². The summed E-state index contributed by atoms with van der Waals surface area (Å²) in [6.07, 6.45) is 0. The van der Waals surface area contributed by atoms with Crippen molar-refractivity contribution in [1.29, 1.82) is 0 Å². The molecule has 8 heteroatoms. The zero-order valence-electron chi connectivity index (χ0n) is 20.3. The molecule has 0 unspecified atom stereocenters. The number of hydrogen-bond donors (Lipinski definition) is 1. The van der Waals surface area contributed by atoms with E-state index in [2.05, 4.69) is 15.5 Å². The number of aromatic nitrogens is 3. The summed E-state index contributed by atoms with van der Waals surface area (Å²) in [5.41, 5.74) is 5.14. The molecule has 3 aromatic heterocycles. The number of benzene rings is 3. The van der Waals surface area contributed by atoms with Crippen molar-refractivity contribution in [2.24, 2.45) is 0 Å². The van der Waals surface area contributed by atoms with Gasteiger partial charge in [-0.25, -0.2) is 14.2 Å². The minimum absolute atomic E-state index is 0.226. The lowest BCUT2D eigenvalue weighted by Crippen LogP contribution is -2.09. The van der Waals surface area contributed by atoms with Crippen molar-refractivity contribution in [2.45, 2.75) is 6.92 Å². The highest BCUT2D eigenvalue weighted by Gasteiger charge is 2.23. The van der Waals surface area contributed by atoms with Gasteiger partial charge in [0, 0.05) is 22.2 Å². The van der Waals surface area contributed by atoms with Crippen molar-refractivity contribution < 1.29 is 13.9 Å². The number of rotatable bonds is 6. The largest absolute Gasteiger partial charge is 0.462 e. The number of carbonyl (C=O) groups excluding carboxylic acids is 1. The molecule has 0 aliphatic rings. The Labute approximate surface area is 221 Å². The molecular weight excluding hydrogens is 499 g/mol. The van der Waals surface area contributed by atoms with E-state index < -0.39 is 5.97 Å². The molecule has 0 aliphatic carbocycles. The van der Waals surface area contributed by atoms with Crippen LogP contribution in [0.2, 0.25) is 0 Å². The molecule has 0 radical (unpaired) electrons. The van der Waals surface area contributed by atoms with Gasteiger partial charge < -0.3 is 10.1 Å². The maximum absolute atomic E-state index is 13.5. The SMILES string of the molecule is CCOC(=O)c1cc2sc3nnc(-c4ccccc4)c(-c4ccccc4)c3c2nc1Nc1ccc(F)cc1. The highest BCUT2D eigenvalue weighted by molar-refractivity contribution is 7.25. The molecule has 0 atom stereocenters. The van der Waals surface area contributed by atoms with Crippen molar-refractivity contribution in [2.75, 3.05) is 11.9 Å². The molecule has 0 saturated carbocycles. The smallest absolute Gasteiger partial charge is 0.341 e. The monoisotopic (exact) mass is 520 g/mol. The fraction of sp³-hybridized carbons (Fsp3) is 0.0667. The minimum Gasteiger partial charge on any atom is -0.462 e. The molecule has 3 heterocycles. The number of anilines is 2. The topological polar surface area (TPSA) is 77.0 Å². The Morgan fingerprint density at radius 1 is 0.921 bits per heavy atom. The lowest BCUT2D eigenvalue weighted by molar-refractivity contribution is 0.0527.